The number of methoxy groups -OCH3 is 2. The number of hydrogen-bond acceptors (Lipinski definition) is 5. The lowest BCUT2D eigenvalue weighted by molar-refractivity contribution is 0.0602. The molecule has 0 saturated carbocycles. The van der Waals surface area contributed by atoms with Crippen LogP contribution in [-0.4, -0.2) is 32.8 Å². The highest BCUT2D eigenvalue weighted by atomic mass is 16.5. The first-order valence-corrected chi connectivity index (χ1v) is 5.73. The van der Waals surface area contributed by atoms with Gasteiger partial charge < -0.3 is 20.5 Å². The van der Waals surface area contributed by atoms with E-state index in [1.54, 1.807) is 13.2 Å². The maximum absolute atomic E-state index is 11.6. The van der Waals surface area contributed by atoms with Crippen LogP contribution in [0.4, 0.5) is 11.4 Å². The van der Waals surface area contributed by atoms with Crippen LogP contribution in [0.3, 0.4) is 0 Å². The molecule has 0 aliphatic heterocycles. The molecule has 18 heavy (non-hydrogen) atoms. The summed E-state index contributed by atoms with van der Waals surface area (Å²) in [5.41, 5.74) is 8.36. The van der Waals surface area contributed by atoms with Gasteiger partial charge in [-0.1, -0.05) is 0 Å². The lowest BCUT2D eigenvalue weighted by atomic mass is 10.1. The molecule has 1 aromatic rings. The number of benzene rings is 1. The van der Waals surface area contributed by atoms with Gasteiger partial charge in [-0.15, -0.1) is 0 Å². The average Bonchev–Trinajstić information content (AvgIpc) is 2.32. The van der Waals surface area contributed by atoms with Crippen LogP contribution in [0, 0.1) is 6.92 Å². The van der Waals surface area contributed by atoms with Crippen LogP contribution in [-0.2, 0) is 9.47 Å². The number of rotatable bonds is 5. The van der Waals surface area contributed by atoms with Crippen molar-refractivity contribution >= 4 is 17.3 Å². The molecule has 0 aliphatic carbocycles. The van der Waals surface area contributed by atoms with Gasteiger partial charge in [0.2, 0.25) is 0 Å². The Morgan fingerprint density at radius 3 is 2.67 bits per heavy atom. The van der Waals surface area contributed by atoms with E-state index in [2.05, 4.69) is 5.32 Å². The van der Waals surface area contributed by atoms with Crippen molar-refractivity contribution in [1.82, 2.24) is 0 Å². The maximum atomic E-state index is 11.6. The van der Waals surface area contributed by atoms with Crippen LogP contribution in [0.2, 0.25) is 0 Å². The van der Waals surface area contributed by atoms with E-state index < -0.39 is 5.97 Å². The van der Waals surface area contributed by atoms with Crippen molar-refractivity contribution in [3.8, 4) is 0 Å². The van der Waals surface area contributed by atoms with Crippen molar-refractivity contribution in [2.45, 2.75) is 19.9 Å². The smallest absolute Gasteiger partial charge is 0.340 e. The lowest BCUT2D eigenvalue weighted by Crippen LogP contribution is -2.21. The molecule has 1 aromatic carbocycles. The van der Waals surface area contributed by atoms with Crippen LogP contribution in [0.25, 0.3) is 0 Å². The molecule has 0 spiro atoms. The number of aryl methyl sites for hydroxylation is 1. The van der Waals surface area contributed by atoms with E-state index in [0.717, 1.165) is 11.3 Å². The summed E-state index contributed by atoms with van der Waals surface area (Å²) in [6.45, 7) is 4.43. The van der Waals surface area contributed by atoms with Crippen molar-refractivity contribution in [1.29, 1.82) is 0 Å². The largest absolute Gasteiger partial charge is 0.465 e. The van der Waals surface area contributed by atoms with Crippen LogP contribution in [0.15, 0.2) is 12.1 Å². The van der Waals surface area contributed by atoms with Gasteiger partial charge in [-0.25, -0.2) is 4.79 Å². The van der Waals surface area contributed by atoms with Crippen molar-refractivity contribution in [3.05, 3.63) is 23.3 Å². The summed E-state index contributed by atoms with van der Waals surface area (Å²) in [4.78, 5) is 11.6. The van der Waals surface area contributed by atoms with Gasteiger partial charge in [0.05, 0.1) is 19.3 Å². The molecule has 5 heteroatoms. The molecule has 1 rings (SSSR count). The molecular formula is C13H20N2O3. The molecule has 1 unspecified atom stereocenters. The SMILES string of the molecule is COCC(C)Nc1cc(C)c(N)c(C(=O)OC)c1. The molecule has 3 N–H and O–H groups in total. The third kappa shape index (κ3) is 3.37. The molecule has 0 amide bonds. The van der Waals surface area contributed by atoms with E-state index in [1.165, 1.54) is 7.11 Å². The van der Waals surface area contributed by atoms with Crippen LogP contribution in [0.1, 0.15) is 22.8 Å². The van der Waals surface area contributed by atoms with Crippen LogP contribution in [0.5, 0.6) is 0 Å². The molecule has 0 aliphatic rings. The maximum Gasteiger partial charge on any atom is 0.340 e. The Hall–Kier alpha value is -1.75. The van der Waals surface area contributed by atoms with E-state index in [4.69, 9.17) is 15.2 Å². The Balaban J connectivity index is 3.01. The standard InChI is InChI=1S/C13H20N2O3/c1-8-5-10(15-9(2)7-17-3)6-11(12(8)14)13(16)18-4/h5-6,9,15H,7,14H2,1-4H3. The summed E-state index contributed by atoms with van der Waals surface area (Å²) in [7, 11) is 2.98. The zero-order chi connectivity index (χ0) is 13.7. The highest BCUT2D eigenvalue weighted by Crippen LogP contribution is 2.24. The Bertz CT molecular complexity index is 432. The third-order valence-electron chi connectivity index (χ3n) is 2.62. The first-order chi connectivity index (χ1) is 8.49. The minimum atomic E-state index is -0.432. The average molecular weight is 252 g/mol. The molecule has 0 bridgehead atoms. The van der Waals surface area contributed by atoms with E-state index in [0.29, 0.717) is 17.9 Å². The van der Waals surface area contributed by atoms with E-state index in [1.807, 2.05) is 19.9 Å². The summed E-state index contributed by atoms with van der Waals surface area (Å²) >= 11 is 0. The Morgan fingerprint density at radius 1 is 1.44 bits per heavy atom. The molecule has 0 fully saturated rings. The quantitative estimate of drug-likeness (QED) is 0.617. The van der Waals surface area contributed by atoms with Crippen LogP contribution < -0.4 is 11.1 Å². The minimum Gasteiger partial charge on any atom is -0.465 e. The number of nitrogen functional groups attached to an aromatic ring is 1. The number of hydrogen-bond donors (Lipinski definition) is 2. The van der Waals surface area contributed by atoms with Gasteiger partial charge in [0.1, 0.15) is 0 Å². The molecule has 0 heterocycles. The van der Waals surface area contributed by atoms with Crippen molar-refractivity contribution < 1.29 is 14.3 Å². The monoisotopic (exact) mass is 252 g/mol. The number of nitrogens with one attached hydrogen (secondary N) is 1. The summed E-state index contributed by atoms with van der Waals surface area (Å²) in [6, 6.07) is 3.73. The van der Waals surface area contributed by atoms with E-state index in [9.17, 15) is 4.79 Å². The Morgan fingerprint density at radius 2 is 2.11 bits per heavy atom. The fraction of sp³-hybridized carbons (Fsp3) is 0.462. The molecule has 5 nitrogen and oxygen atoms in total. The van der Waals surface area contributed by atoms with E-state index >= 15 is 0 Å². The third-order valence-corrected chi connectivity index (χ3v) is 2.62. The molecule has 100 valence electrons. The number of anilines is 2. The predicted octanol–water partition coefficient (Wildman–Crippen LogP) is 1.81. The molecular weight excluding hydrogens is 232 g/mol. The lowest BCUT2D eigenvalue weighted by Gasteiger charge is -2.16. The van der Waals surface area contributed by atoms with E-state index in [-0.39, 0.29) is 6.04 Å². The Labute approximate surface area is 107 Å². The Kier molecular flexibility index (Phi) is 4.97. The number of carbonyl (C=O) groups is 1. The molecule has 0 saturated heterocycles. The topological polar surface area (TPSA) is 73.6 Å². The highest BCUT2D eigenvalue weighted by Gasteiger charge is 2.14. The number of ether oxygens (including phenoxy) is 2. The first-order valence-electron chi connectivity index (χ1n) is 5.73. The summed E-state index contributed by atoms with van der Waals surface area (Å²) < 4.78 is 9.76. The number of nitrogens with two attached hydrogens (primary N) is 1. The second-order valence-electron chi connectivity index (χ2n) is 4.25. The second-order valence-corrected chi connectivity index (χ2v) is 4.25. The van der Waals surface area contributed by atoms with Gasteiger partial charge in [-0.3, -0.25) is 0 Å². The van der Waals surface area contributed by atoms with Gasteiger partial charge >= 0.3 is 5.97 Å². The van der Waals surface area contributed by atoms with Crippen molar-refractivity contribution in [3.63, 3.8) is 0 Å². The van der Waals surface area contributed by atoms with Gasteiger partial charge in [0.25, 0.3) is 0 Å². The minimum absolute atomic E-state index is 0.142. The zero-order valence-corrected chi connectivity index (χ0v) is 11.2. The number of esters is 1. The zero-order valence-electron chi connectivity index (χ0n) is 11.2. The summed E-state index contributed by atoms with van der Waals surface area (Å²) in [5.74, 6) is -0.432. The molecule has 0 radical (unpaired) electrons. The highest BCUT2D eigenvalue weighted by molar-refractivity contribution is 5.97. The van der Waals surface area contributed by atoms with Gasteiger partial charge in [0.15, 0.2) is 0 Å². The molecule has 1 atom stereocenters. The number of carbonyl (C=O) groups excluding carboxylic acids is 1. The fourth-order valence-electron chi connectivity index (χ4n) is 1.74. The normalized spacial score (nSPS) is 12.0. The van der Waals surface area contributed by atoms with Crippen molar-refractivity contribution in [2.75, 3.05) is 31.9 Å². The predicted molar refractivity (Wildman–Crippen MR) is 71.9 cm³/mol. The van der Waals surface area contributed by atoms with Crippen LogP contribution >= 0.6 is 0 Å². The van der Waals surface area contributed by atoms with Crippen molar-refractivity contribution in [2.24, 2.45) is 0 Å². The summed E-state index contributed by atoms with van der Waals surface area (Å²) in [6.07, 6.45) is 0. The van der Waals surface area contributed by atoms with Gasteiger partial charge in [-0.05, 0) is 31.5 Å². The second kappa shape index (κ2) is 6.26. The molecule has 0 aromatic heterocycles. The first kappa shape index (κ1) is 14.3. The van der Waals surface area contributed by atoms with Gasteiger partial charge in [0, 0.05) is 24.5 Å². The van der Waals surface area contributed by atoms with Gasteiger partial charge in [-0.2, -0.15) is 0 Å². The summed E-state index contributed by atoms with van der Waals surface area (Å²) in [5, 5.41) is 3.24. The fourth-order valence-corrected chi connectivity index (χ4v) is 1.74.